The lowest BCUT2D eigenvalue weighted by atomic mass is 9.78. The van der Waals surface area contributed by atoms with Gasteiger partial charge in [-0.1, -0.05) is 109 Å². The molecule has 0 saturated carbocycles. The Balaban J connectivity index is 5.04. The van der Waals surface area contributed by atoms with Crippen molar-refractivity contribution in [3.8, 4) is 0 Å². The zero-order valence-corrected chi connectivity index (χ0v) is 85.3. The average molecular weight is 2090 g/mol. The third kappa shape index (κ3) is 40.9. The largest absolute Gasteiger partial charge is 0.464 e. The van der Waals surface area contributed by atoms with Crippen LogP contribution in [0.3, 0.4) is 0 Å². The molecular weight excluding hydrogens is 1950 g/mol. The van der Waals surface area contributed by atoms with E-state index in [1.54, 1.807) is 95.2 Å². The molecule has 31 nitrogen and oxygen atoms in total. The van der Waals surface area contributed by atoms with Crippen LogP contribution in [-0.4, -0.2) is 353 Å². The van der Waals surface area contributed by atoms with Gasteiger partial charge < -0.3 is 95.7 Å². The number of nitrogens with zero attached hydrogens (tertiary/aromatic N) is 6. The minimum Gasteiger partial charge on any atom is -0.464 e. The first-order valence-electron chi connectivity index (χ1n) is 39.9. The molecule has 692 valence electrons. The van der Waals surface area contributed by atoms with Crippen molar-refractivity contribution < 1.29 is 119 Å². The van der Waals surface area contributed by atoms with Gasteiger partial charge in [0.05, 0.1) is 75.2 Å². The topological polar surface area (TPSA) is 336 Å². The third-order valence-electron chi connectivity index (χ3n) is 20.2. The molecule has 1 rings (SSSR count). The SMILES string of the molecule is CN(C)CCOC(=O)C(Br)CC(C)(C)C(=O)OCC1(COC(=O)C(C)(C)CC(C(=O)OCCN(C)C)C(C)(C)Br)COCC(COC(=O)C(C)(C)CCC(C)(CBr)C(=O)OCCN(C)C)(COC(=O)C(C)(C)CC(Br)C(=O)OCCN(C)C)COC(C(C)(C)CC(Br)C(=O)OCCN(C)C)OC(C(Br)C(=O)OCCN(C)C)C(C)(C)C(=O)OC1. The van der Waals surface area contributed by atoms with E-state index in [-0.39, 0.29) is 90.0 Å². The minimum atomic E-state index is -2.01. The quantitative estimate of drug-likeness (QED) is 0.0310. The zero-order valence-electron chi connectivity index (χ0n) is 75.8. The number of alkyl halides is 6. The van der Waals surface area contributed by atoms with Crippen LogP contribution in [-0.2, 0) is 119 Å². The standard InChI is InChI=1S/C82H142Br6N6O25/c1-73(2,28-29-80(15,46-83)71(105)112-41-35-94(26)27)66(100)113-51-82(52-116-69(103)76(7,8)44-57(85)63(97)109-38-32-91(20)21)48-106-47-81(50-115-68(102)75(5,6)43-56(84)62(96)108-37-31-90(18)19,49-114-67(101)74(3,4)42-55(79(13,14)88)61(95)107-36-30-89(16)17)53-117-70(104)78(11,12)60(59(87)65(99)111-40-34-93(24)25)119-72(118-54-82)77(9,10)45-58(86)64(98)110-39-33-92(22)23/h55-60,72H,28-54H2,1-27H3. The van der Waals surface area contributed by atoms with E-state index in [9.17, 15) is 33.6 Å². The number of ether oxygens (including phenoxy) is 14. The van der Waals surface area contributed by atoms with E-state index in [2.05, 4.69) is 95.6 Å². The van der Waals surface area contributed by atoms with Crippen molar-refractivity contribution in [3.63, 3.8) is 0 Å². The van der Waals surface area contributed by atoms with E-state index in [1.807, 2.05) is 95.0 Å². The third-order valence-corrected chi connectivity index (χ3v) is 24.9. The number of likely N-dealkylation sites (N-methyl/N-ethyl adjacent to an activating group) is 6. The first kappa shape index (κ1) is 114. The number of hydrogen-bond donors (Lipinski definition) is 0. The van der Waals surface area contributed by atoms with Crippen LogP contribution in [0.4, 0.5) is 0 Å². The zero-order chi connectivity index (χ0) is 91.8. The van der Waals surface area contributed by atoms with Gasteiger partial charge in [-0.15, -0.1) is 0 Å². The van der Waals surface area contributed by atoms with Crippen LogP contribution in [0, 0.1) is 54.7 Å². The first-order valence-corrected chi connectivity index (χ1v) is 45.5. The molecule has 1 fully saturated rings. The molecule has 1 aliphatic rings. The van der Waals surface area contributed by atoms with Gasteiger partial charge in [0.2, 0.25) is 0 Å². The van der Waals surface area contributed by atoms with Gasteiger partial charge in [0.1, 0.15) is 92.0 Å². The summed E-state index contributed by atoms with van der Waals surface area (Å²) in [4.78, 5) is 166. The number of carbonyl (C=O) groups is 11. The fourth-order valence-electron chi connectivity index (χ4n) is 11.3. The van der Waals surface area contributed by atoms with Gasteiger partial charge in [-0.3, -0.25) is 52.7 Å². The molecule has 0 aliphatic carbocycles. The smallest absolute Gasteiger partial charge is 0.322 e. The lowest BCUT2D eigenvalue weighted by molar-refractivity contribution is -0.261. The highest BCUT2D eigenvalue weighted by Crippen LogP contribution is 2.44. The highest BCUT2D eigenvalue weighted by Gasteiger charge is 2.54. The van der Waals surface area contributed by atoms with Crippen molar-refractivity contribution >= 4 is 161 Å². The molecular formula is C82H142Br6N6O25. The second kappa shape index (κ2) is 51.5. The molecule has 1 aliphatic heterocycles. The van der Waals surface area contributed by atoms with E-state index in [4.69, 9.17) is 66.3 Å². The maximum atomic E-state index is 15.7. The van der Waals surface area contributed by atoms with Gasteiger partial charge in [0.15, 0.2) is 6.29 Å². The lowest BCUT2D eigenvalue weighted by Gasteiger charge is -2.44. The van der Waals surface area contributed by atoms with Crippen molar-refractivity contribution in [2.24, 2.45) is 54.7 Å². The summed E-state index contributed by atoms with van der Waals surface area (Å²) in [6, 6.07) is 0. The number of carbonyl (C=O) groups excluding carboxylic acids is 11. The molecule has 37 heteroatoms. The van der Waals surface area contributed by atoms with Crippen molar-refractivity contribution in [3.05, 3.63) is 0 Å². The van der Waals surface area contributed by atoms with Gasteiger partial charge in [0, 0.05) is 54.3 Å². The molecule has 10 unspecified atom stereocenters. The molecule has 0 radical (unpaired) electrons. The Kier molecular flexibility index (Phi) is 49.2. The van der Waals surface area contributed by atoms with Gasteiger partial charge in [-0.2, -0.15) is 0 Å². The van der Waals surface area contributed by atoms with Crippen LogP contribution in [0.1, 0.15) is 142 Å². The number of esters is 11. The predicted octanol–water partition coefficient (Wildman–Crippen LogP) is 9.80. The Morgan fingerprint density at radius 1 is 0.412 bits per heavy atom. The van der Waals surface area contributed by atoms with Crippen LogP contribution in [0.25, 0.3) is 0 Å². The van der Waals surface area contributed by atoms with E-state index >= 15 is 19.2 Å². The fourth-order valence-corrected chi connectivity index (χ4v) is 15.9. The molecule has 119 heavy (non-hydrogen) atoms. The summed E-state index contributed by atoms with van der Waals surface area (Å²) in [6.45, 7) is 20.7. The molecule has 1 heterocycles. The molecule has 0 aromatic heterocycles. The van der Waals surface area contributed by atoms with Crippen LogP contribution < -0.4 is 0 Å². The summed E-state index contributed by atoms with van der Waals surface area (Å²) in [7, 11) is 21.8. The Bertz CT molecular complexity index is 3230. The minimum absolute atomic E-state index is 0.0237. The Morgan fingerprint density at radius 3 is 1.08 bits per heavy atom. The highest BCUT2D eigenvalue weighted by atomic mass is 79.9. The summed E-state index contributed by atoms with van der Waals surface area (Å²) in [5, 5.41) is 0.168. The van der Waals surface area contributed by atoms with Crippen LogP contribution in [0.2, 0.25) is 0 Å². The average Bonchev–Trinajstić information content (AvgIpc) is 0.778. The number of cyclic esters (lactones) is 1. The summed E-state index contributed by atoms with van der Waals surface area (Å²) in [5.74, 6) is -9.39. The molecule has 0 bridgehead atoms. The lowest BCUT2D eigenvalue weighted by Crippen LogP contribution is -2.55. The van der Waals surface area contributed by atoms with Crippen LogP contribution >= 0.6 is 95.6 Å². The highest BCUT2D eigenvalue weighted by molar-refractivity contribution is 9.10. The maximum Gasteiger partial charge on any atom is 0.322 e. The Labute approximate surface area is 758 Å². The van der Waals surface area contributed by atoms with Crippen molar-refractivity contribution in [2.75, 3.05) is 222 Å². The molecule has 0 N–H and O–H groups in total. The molecule has 0 aromatic rings. The van der Waals surface area contributed by atoms with Crippen molar-refractivity contribution in [1.29, 1.82) is 0 Å². The van der Waals surface area contributed by atoms with Crippen LogP contribution in [0.15, 0.2) is 0 Å². The Morgan fingerprint density at radius 2 is 0.731 bits per heavy atom. The number of hydrogen-bond acceptors (Lipinski definition) is 31. The fraction of sp³-hybridized carbons (Fsp3) is 0.866. The molecule has 0 aromatic carbocycles. The van der Waals surface area contributed by atoms with Gasteiger partial charge >= 0.3 is 65.7 Å². The molecule has 10 atom stereocenters. The van der Waals surface area contributed by atoms with Crippen LogP contribution in [0.5, 0.6) is 0 Å². The van der Waals surface area contributed by atoms with E-state index in [0.29, 0.717) is 32.7 Å². The van der Waals surface area contributed by atoms with E-state index < -0.39 is 209 Å². The summed E-state index contributed by atoms with van der Waals surface area (Å²) in [6.07, 6.45) is -3.75. The number of rotatable bonds is 51. The molecule has 0 amide bonds. The van der Waals surface area contributed by atoms with Gasteiger partial charge in [0.25, 0.3) is 0 Å². The van der Waals surface area contributed by atoms with E-state index in [0.717, 1.165) is 0 Å². The van der Waals surface area contributed by atoms with E-state index in [1.165, 1.54) is 27.7 Å². The molecule has 1 saturated heterocycles. The van der Waals surface area contributed by atoms with Gasteiger partial charge in [-0.05, 0) is 213 Å². The predicted molar refractivity (Wildman–Crippen MR) is 472 cm³/mol. The monoisotopic (exact) mass is 2080 g/mol. The maximum absolute atomic E-state index is 15.7. The summed E-state index contributed by atoms with van der Waals surface area (Å²) in [5.41, 5.74) is -14.4. The number of halogens is 6. The van der Waals surface area contributed by atoms with Crippen molar-refractivity contribution in [2.45, 2.75) is 178 Å². The van der Waals surface area contributed by atoms with Crippen molar-refractivity contribution in [1.82, 2.24) is 29.4 Å². The normalized spacial score (nSPS) is 20.1. The first-order chi connectivity index (χ1) is 54.5. The second-order valence-corrected chi connectivity index (χ2v) is 44.5. The van der Waals surface area contributed by atoms with Gasteiger partial charge in [-0.25, -0.2) is 0 Å². The molecule has 0 spiro atoms. The summed E-state index contributed by atoms with van der Waals surface area (Å²) >= 11 is 21.2. The Hall–Kier alpha value is -3.31. The summed E-state index contributed by atoms with van der Waals surface area (Å²) < 4.78 is 86.6. The second-order valence-electron chi connectivity index (χ2n) is 37.5.